The molecule has 4 fully saturated rings. The summed E-state index contributed by atoms with van der Waals surface area (Å²) in [4.78, 5) is 22.5. The molecule has 0 amide bonds. The molecular formula is C26H42O4. The standard InChI is InChI=1S/C26H42O4/c1-16(5-10-24(28)29)21-8-9-22-20-7-6-18-15-19(30-17(2)27)11-13-25(18,3)23(20)12-14-26(21,22)4/h16,18-23H,5-15H2,1-4H3,(H,28,29). The fourth-order valence-corrected chi connectivity index (χ4v) is 9.09. The van der Waals surface area contributed by atoms with Gasteiger partial charge in [0, 0.05) is 13.3 Å². The molecule has 9 atom stereocenters. The Kier molecular flexibility index (Phi) is 6.00. The summed E-state index contributed by atoms with van der Waals surface area (Å²) in [6.45, 7) is 8.96. The summed E-state index contributed by atoms with van der Waals surface area (Å²) in [6.07, 6.45) is 12.5. The number of carbonyl (C=O) groups is 2. The Hall–Kier alpha value is -1.06. The molecule has 0 spiro atoms. The van der Waals surface area contributed by atoms with Gasteiger partial charge in [0.1, 0.15) is 6.10 Å². The number of fused-ring (bicyclic) bond motifs is 5. The fraction of sp³-hybridized carbons (Fsp3) is 0.923. The third kappa shape index (κ3) is 3.71. The van der Waals surface area contributed by atoms with Crippen LogP contribution < -0.4 is 0 Å². The van der Waals surface area contributed by atoms with Crippen molar-refractivity contribution in [2.45, 2.75) is 104 Å². The van der Waals surface area contributed by atoms with Gasteiger partial charge in [0.05, 0.1) is 0 Å². The van der Waals surface area contributed by atoms with Gasteiger partial charge in [-0.25, -0.2) is 0 Å². The zero-order valence-corrected chi connectivity index (χ0v) is 19.5. The van der Waals surface area contributed by atoms with E-state index in [0.717, 1.165) is 37.0 Å². The maximum atomic E-state index is 11.5. The Morgan fingerprint density at radius 1 is 1.00 bits per heavy atom. The molecule has 0 bridgehead atoms. The van der Waals surface area contributed by atoms with Crippen molar-refractivity contribution in [1.29, 1.82) is 0 Å². The zero-order valence-electron chi connectivity index (χ0n) is 19.5. The van der Waals surface area contributed by atoms with Gasteiger partial charge < -0.3 is 9.84 Å². The fourth-order valence-electron chi connectivity index (χ4n) is 9.09. The minimum Gasteiger partial charge on any atom is -0.481 e. The van der Waals surface area contributed by atoms with Crippen LogP contribution in [0, 0.1) is 46.3 Å². The van der Waals surface area contributed by atoms with Crippen LogP contribution in [0.5, 0.6) is 0 Å². The van der Waals surface area contributed by atoms with Gasteiger partial charge in [0.2, 0.25) is 0 Å². The highest BCUT2D eigenvalue weighted by Crippen LogP contribution is 2.68. The van der Waals surface area contributed by atoms with E-state index < -0.39 is 5.97 Å². The second-order valence-electron chi connectivity index (χ2n) is 11.8. The number of ether oxygens (including phenoxy) is 1. The van der Waals surface area contributed by atoms with Gasteiger partial charge in [0.25, 0.3) is 0 Å². The first kappa shape index (κ1) is 22.1. The van der Waals surface area contributed by atoms with Crippen LogP contribution in [0.2, 0.25) is 0 Å². The van der Waals surface area contributed by atoms with Gasteiger partial charge >= 0.3 is 11.9 Å². The molecule has 0 heterocycles. The minimum absolute atomic E-state index is 0.125. The van der Waals surface area contributed by atoms with Crippen molar-refractivity contribution in [3.05, 3.63) is 0 Å². The Labute approximate surface area is 182 Å². The number of carboxylic acids is 1. The van der Waals surface area contributed by atoms with E-state index in [0.29, 0.717) is 35.0 Å². The van der Waals surface area contributed by atoms with E-state index in [1.54, 1.807) is 6.92 Å². The van der Waals surface area contributed by atoms with Crippen molar-refractivity contribution >= 4 is 11.9 Å². The predicted octanol–water partition coefficient (Wildman–Crippen LogP) is 6.08. The quantitative estimate of drug-likeness (QED) is 0.550. The van der Waals surface area contributed by atoms with Gasteiger partial charge in [0.15, 0.2) is 0 Å². The monoisotopic (exact) mass is 418 g/mol. The smallest absolute Gasteiger partial charge is 0.303 e. The SMILES string of the molecule is CC(=O)OC1CCC2(C)C(CCC3C2CCC2(C)C(C(C)CCC(=O)O)CCC32)C1. The van der Waals surface area contributed by atoms with Crippen molar-refractivity contribution in [3.8, 4) is 0 Å². The Morgan fingerprint density at radius 3 is 2.40 bits per heavy atom. The van der Waals surface area contributed by atoms with Gasteiger partial charge in [-0.1, -0.05) is 20.8 Å². The average molecular weight is 419 g/mol. The molecule has 4 saturated carbocycles. The summed E-state index contributed by atoms with van der Waals surface area (Å²) in [7, 11) is 0. The van der Waals surface area contributed by atoms with Gasteiger partial charge in [-0.2, -0.15) is 0 Å². The van der Waals surface area contributed by atoms with Crippen LogP contribution in [0.1, 0.15) is 98.3 Å². The first-order valence-electron chi connectivity index (χ1n) is 12.5. The summed E-state index contributed by atoms with van der Waals surface area (Å²) in [5, 5.41) is 9.13. The molecule has 30 heavy (non-hydrogen) atoms. The van der Waals surface area contributed by atoms with Crippen molar-refractivity contribution in [1.82, 2.24) is 0 Å². The maximum absolute atomic E-state index is 11.5. The van der Waals surface area contributed by atoms with Gasteiger partial charge in [-0.05, 0) is 111 Å². The molecule has 0 aromatic rings. The van der Waals surface area contributed by atoms with Crippen molar-refractivity contribution in [2.75, 3.05) is 0 Å². The highest BCUT2D eigenvalue weighted by molar-refractivity contribution is 5.66. The van der Waals surface area contributed by atoms with Crippen molar-refractivity contribution in [3.63, 3.8) is 0 Å². The third-order valence-electron chi connectivity index (χ3n) is 10.5. The lowest BCUT2D eigenvalue weighted by molar-refractivity contribution is -0.160. The molecule has 0 aliphatic heterocycles. The lowest BCUT2D eigenvalue weighted by Gasteiger charge is -2.61. The number of esters is 1. The molecule has 9 unspecified atom stereocenters. The van der Waals surface area contributed by atoms with E-state index in [2.05, 4.69) is 20.8 Å². The first-order chi connectivity index (χ1) is 14.1. The van der Waals surface area contributed by atoms with Gasteiger partial charge in [-0.15, -0.1) is 0 Å². The number of carbonyl (C=O) groups excluding carboxylic acids is 1. The number of hydrogen-bond acceptors (Lipinski definition) is 3. The van der Waals surface area contributed by atoms with E-state index in [1.165, 1.54) is 44.9 Å². The predicted molar refractivity (Wildman–Crippen MR) is 117 cm³/mol. The summed E-state index contributed by atoms with van der Waals surface area (Å²) < 4.78 is 5.61. The minimum atomic E-state index is -0.652. The Balaban J connectivity index is 1.47. The molecule has 170 valence electrons. The van der Waals surface area contributed by atoms with Crippen LogP contribution >= 0.6 is 0 Å². The van der Waals surface area contributed by atoms with Crippen LogP contribution in [-0.4, -0.2) is 23.1 Å². The topological polar surface area (TPSA) is 63.6 Å². The second kappa shape index (κ2) is 8.13. The molecule has 4 rings (SSSR count). The molecule has 4 nitrogen and oxygen atoms in total. The van der Waals surface area contributed by atoms with Crippen LogP contribution in [0.3, 0.4) is 0 Å². The summed E-state index contributed by atoms with van der Waals surface area (Å²) >= 11 is 0. The highest BCUT2D eigenvalue weighted by Gasteiger charge is 2.60. The number of rotatable bonds is 5. The van der Waals surface area contributed by atoms with Crippen LogP contribution in [0.25, 0.3) is 0 Å². The van der Waals surface area contributed by atoms with E-state index in [1.807, 2.05) is 0 Å². The number of aliphatic carboxylic acids is 1. The van der Waals surface area contributed by atoms with E-state index >= 15 is 0 Å². The van der Waals surface area contributed by atoms with Crippen molar-refractivity contribution in [2.24, 2.45) is 46.3 Å². The van der Waals surface area contributed by atoms with Gasteiger partial charge in [-0.3, -0.25) is 9.59 Å². The third-order valence-corrected chi connectivity index (χ3v) is 10.5. The highest BCUT2D eigenvalue weighted by atomic mass is 16.5. The van der Waals surface area contributed by atoms with Crippen LogP contribution in [0.4, 0.5) is 0 Å². The molecule has 0 saturated heterocycles. The van der Waals surface area contributed by atoms with Crippen LogP contribution in [0.15, 0.2) is 0 Å². The molecule has 4 aliphatic carbocycles. The number of hydrogen-bond donors (Lipinski definition) is 1. The molecule has 4 aliphatic rings. The summed E-state index contributed by atoms with van der Waals surface area (Å²) in [5.41, 5.74) is 0.811. The Bertz CT molecular complexity index is 674. The second-order valence-corrected chi connectivity index (χ2v) is 11.8. The molecule has 0 radical (unpaired) electrons. The number of carboxylic acid groups (broad SMARTS) is 1. The molecular weight excluding hydrogens is 376 g/mol. The largest absolute Gasteiger partial charge is 0.481 e. The average Bonchev–Trinajstić information content (AvgIpc) is 3.03. The summed E-state index contributed by atoms with van der Waals surface area (Å²) in [6, 6.07) is 0. The van der Waals surface area contributed by atoms with E-state index in [9.17, 15) is 9.59 Å². The van der Waals surface area contributed by atoms with Crippen LogP contribution in [-0.2, 0) is 14.3 Å². The molecule has 1 N–H and O–H groups in total. The zero-order chi connectivity index (χ0) is 21.7. The lowest BCUT2D eigenvalue weighted by Crippen LogP contribution is -2.54. The molecule has 4 heteroatoms. The van der Waals surface area contributed by atoms with E-state index in [-0.39, 0.29) is 12.1 Å². The lowest BCUT2D eigenvalue weighted by atomic mass is 9.44. The molecule has 0 aromatic heterocycles. The van der Waals surface area contributed by atoms with E-state index in [4.69, 9.17) is 9.84 Å². The normalized spacial score (nSPS) is 46.3. The molecule has 0 aromatic carbocycles. The Morgan fingerprint density at radius 2 is 1.70 bits per heavy atom. The summed E-state index contributed by atoms with van der Waals surface area (Å²) in [5.74, 6) is 3.60. The van der Waals surface area contributed by atoms with Crippen molar-refractivity contribution < 1.29 is 19.4 Å². The first-order valence-corrected chi connectivity index (χ1v) is 12.5. The maximum Gasteiger partial charge on any atom is 0.303 e.